The number of aromatic nitrogens is 2. The van der Waals surface area contributed by atoms with Crippen LogP contribution < -0.4 is 5.32 Å². The van der Waals surface area contributed by atoms with Crippen LogP contribution in [0.25, 0.3) is 0 Å². The Kier molecular flexibility index (Phi) is 3.97. The van der Waals surface area contributed by atoms with Crippen LogP contribution in [0.15, 0.2) is 12.3 Å². The second-order valence-corrected chi connectivity index (χ2v) is 4.22. The number of aromatic amines is 1. The molecule has 1 aliphatic heterocycles. The predicted octanol–water partition coefficient (Wildman–Crippen LogP) is 0.597. The zero-order chi connectivity index (χ0) is 11.2. The van der Waals surface area contributed by atoms with Gasteiger partial charge < -0.3 is 5.32 Å². The Morgan fingerprint density at radius 3 is 3.00 bits per heavy atom. The van der Waals surface area contributed by atoms with Gasteiger partial charge in [0.2, 0.25) is 0 Å². The zero-order valence-electron chi connectivity index (χ0n) is 9.45. The lowest BCUT2D eigenvalue weighted by Gasteiger charge is -2.31. The van der Waals surface area contributed by atoms with E-state index in [-0.39, 0.29) is 0 Å². The van der Waals surface area contributed by atoms with Gasteiger partial charge in [0.05, 0.1) is 6.54 Å². The van der Waals surface area contributed by atoms with Crippen LogP contribution in [0.3, 0.4) is 0 Å². The summed E-state index contributed by atoms with van der Waals surface area (Å²) in [4.78, 5) is 2.33. The summed E-state index contributed by atoms with van der Waals surface area (Å²) in [5.74, 6) is 2.70. The van der Waals surface area contributed by atoms with Crippen LogP contribution in [0.5, 0.6) is 0 Å². The highest BCUT2D eigenvalue weighted by molar-refractivity contribution is 4.97. The summed E-state index contributed by atoms with van der Waals surface area (Å²) >= 11 is 0. The van der Waals surface area contributed by atoms with Gasteiger partial charge in [-0.2, -0.15) is 5.10 Å². The number of terminal acetylenes is 1. The van der Waals surface area contributed by atoms with Crippen molar-refractivity contribution in [3.63, 3.8) is 0 Å². The molecule has 16 heavy (non-hydrogen) atoms. The highest BCUT2D eigenvalue weighted by Crippen LogP contribution is 2.10. The summed E-state index contributed by atoms with van der Waals surface area (Å²) in [5.41, 5.74) is 1.14. The third-order valence-corrected chi connectivity index (χ3v) is 3.04. The normalized spacial score (nSPS) is 18.4. The fourth-order valence-corrected chi connectivity index (χ4v) is 2.06. The lowest BCUT2D eigenvalue weighted by Crippen LogP contribution is -2.42. The first-order chi connectivity index (χ1) is 7.88. The predicted molar refractivity (Wildman–Crippen MR) is 63.7 cm³/mol. The minimum absolute atomic E-state index is 0.609. The molecule has 1 aromatic rings. The monoisotopic (exact) mass is 218 g/mol. The van der Waals surface area contributed by atoms with E-state index in [2.05, 4.69) is 26.3 Å². The molecule has 4 nitrogen and oxygen atoms in total. The first kappa shape index (κ1) is 11.2. The maximum atomic E-state index is 5.30. The van der Waals surface area contributed by atoms with Crippen molar-refractivity contribution < 1.29 is 0 Å². The van der Waals surface area contributed by atoms with Crippen molar-refractivity contribution in [2.75, 3.05) is 19.6 Å². The second-order valence-electron chi connectivity index (χ2n) is 4.22. The van der Waals surface area contributed by atoms with Crippen LogP contribution in [-0.4, -0.2) is 40.8 Å². The third kappa shape index (κ3) is 3.09. The van der Waals surface area contributed by atoms with E-state index in [1.54, 1.807) is 6.20 Å². The Morgan fingerprint density at radius 1 is 1.56 bits per heavy atom. The molecule has 1 aromatic heterocycles. The molecule has 2 N–H and O–H groups in total. The van der Waals surface area contributed by atoms with Gasteiger partial charge in [-0.15, -0.1) is 6.42 Å². The molecule has 0 amide bonds. The molecule has 1 aliphatic rings. The number of nitrogens with one attached hydrogen (secondary N) is 2. The van der Waals surface area contributed by atoms with E-state index < -0.39 is 0 Å². The fraction of sp³-hybridized carbons (Fsp3) is 0.583. The largest absolute Gasteiger partial charge is 0.308 e. The molecule has 2 heterocycles. The molecule has 0 bridgehead atoms. The molecule has 0 aliphatic carbocycles. The van der Waals surface area contributed by atoms with Crippen LogP contribution in [0, 0.1) is 12.3 Å². The van der Waals surface area contributed by atoms with E-state index >= 15 is 0 Å². The standard InChI is InChI=1S/C12H18N4/c1-2-7-16-8-4-11(5-9-16)13-10-12-3-6-14-15-12/h1,3,6,11,13H,4-5,7-10H2,(H,14,15). The van der Waals surface area contributed by atoms with Gasteiger partial charge in [0.1, 0.15) is 0 Å². The highest BCUT2D eigenvalue weighted by Gasteiger charge is 2.17. The summed E-state index contributed by atoms with van der Waals surface area (Å²) in [5, 5.41) is 10.4. The van der Waals surface area contributed by atoms with Crippen molar-refractivity contribution in [2.24, 2.45) is 0 Å². The summed E-state index contributed by atoms with van der Waals surface area (Å²) < 4.78 is 0. The molecule has 0 radical (unpaired) electrons. The fourth-order valence-electron chi connectivity index (χ4n) is 2.06. The third-order valence-electron chi connectivity index (χ3n) is 3.04. The van der Waals surface area contributed by atoms with Crippen LogP contribution in [-0.2, 0) is 6.54 Å². The lowest BCUT2D eigenvalue weighted by atomic mass is 10.1. The molecule has 1 fully saturated rings. The Morgan fingerprint density at radius 2 is 2.38 bits per heavy atom. The van der Waals surface area contributed by atoms with Crippen molar-refractivity contribution in [2.45, 2.75) is 25.4 Å². The number of H-pyrrole nitrogens is 1. The molecule has 0 atom stereocenters. The SMILES string of the molecule is C#CCN1CCC(NCc2ccn[nH]2)CC1. The number of rotatable bonds is 4. The molecule has 86 valence electrons. The van der Waals surface area contributed by atoms with E-state index in [4.69, 9.17) is 6.42 Å². The van der Waals surface area contributed by atoms with Crippen LogP contribution in [0.2, 0.25) is 0 Å². The van der Waals surface area contributed by atoms with Gasteiger partial charge >= 0.3 is 0 Å². The van der Waals surface area contributed by atoms with Crippen molar-refractivity contribution >= 4 is 0 Å². The molecule has 1 saturated heterocycles. The van der Waals surface area contributed by atoms with Crippen molar-refractivity contribution in [3.8, 4) is 12.3 Å². The molecular weight excluding hydrogens is 200 g/mol. The number of likely N-dealkylation sites (tertiary alicyclic amines) is 1. The summed E-state index contributed by atoms with van der Waals surface area (Å²) in [7, 11) is 0. The van der Waals surface area contributed by atoms with Crippen molar-refractivity contribution in [1.82, 2.24) is 20.4 Å². The number of piperidine rings is 1. The molecular formula is C12H18N4. The van der Waals surface area contributed by atoms with Gasteiger partial charge in [0.25, 0.3) is 0 Å². The van der Waals surface area contributed by atoms with Gasteiger partial charge in [-0.1, -0.05) is 5.92 Å². The van der Waals surface area contributed by atoms with E-state index in [0.717, 1.165) is 31.9 Å². The van der Waals surface area contributed by atoms with Gasteiger partial charge in [-0.05, 0) is 18.9 Å². The smallest absolute Gasteiger partial charge is 0.0598 e. The summed E-state index contributed by atoms with van der Waals surface area (Å²) in [6, 6.07) is 2.61. The zero-order valence-corrected chi connectivity index (χ0v) is 9.45. The Bertz CT molecular complexity index is 330. The maximum absolute atomic E-state index is 5.30. The first-order valence-electron chi connectivity index (χ1n) is 5.76. The molecule has 0 unspecified atom stereocenters. The van der Waals surface area contributed by atoms with Crippen molar-refractivity contribution in [3.05, 3.63) is 18.0 Å². The van der Waals surface area contributed by atoms with Crippen LogP contribution in [0.4, 0.5) is 0 Å². The van der Waals surface area contributed by atoms with Crippen LogP contribution >= 0.6 is 0 Å². The molecule has 0 saturated carbocycles. The van der Waals surface area contributed by atoms with E-state index in [9.17, 15) is 0 Å². The average molecular weight is 218 g/mol. The Labute approximate surface area is 96.4 Å². The Hall–Kier alpha value is -1.31. The quantitative estimate of drug-likeness (QED) is 0.727. The van der Waals surface area contributed by atoms with E-state index in [1.807, 2.05) is 6.07 Å². The highest BCUT2D eigenvalue weighted by atomic mass is 15.1. The summed E-state index contributed by atoms with van der Waals surface area (Å²) in [6.45, 7) is 3.86. The lowest BCUT2D eigenvalue weighted by molar-refractivity contribution is 0.217. The topological polar surface area (TPSA) is 44.0 Å². The average Bonchev–Trinajstić information content (AvgIpc) is 2.82. The maximum Gasteiger partial charge on any atom is 0.0598 e. The van der Waals surface area contributed by atoms with Gasteiger partial charge in [-0.25, -0.2) is 0 Å². The number of nitrogens with zero attached hydrogens (tertiary/aromatic N) is 2. The van der Waals surface area contributed by atoms with Crippen LogP contribution in [0.1, 0.15) is 18.5 Å². The molecule has 4 heteroatoms. The number of hydrogen-bond acceptors (Lipinski definition) is 3. The molecule has 0 spiro atoms. The van der Waals surface area contributed by atoms with Gasteiger partial charge in [0.15, 0.2) is 0 Å². The minimum atomic E-state index is 0.609. The minimum Gasteiger partial charge on any atom is -0.308 e. The second kappa shape index (κ2) is 5.69. The van der Waals surface area contributed by atoms with E-state index in [0.29, 0.717) is 6.04 Å². The van der Waals surface area contributed by atoms with E-state index in [1.165, 1.54) is 12.8 Å². The molecule has 2 rings (SSSR count). The van der Waals surface area contributed by atoms with Crippen molar-refractivity contribution in [1.29, 1.82) is 0 Å². The molecule has 0 aromatic carbocycles. The van der Waals surface area contributed by atoms with Gasteiger partial charge in [-0.3, -0.25) is 10.00 Å². The van der Waals surface area contributed by atoms with Gasteiger partial charge in [0, 0.05) is 37.6 Å². The first-order valence-corrected chi connectivity index (χ1v) is 5.76. The number of hydrogen-bond donors (Lipinski definition) is 2. The Balaban J connectivity index is 1.68. The summed E-state index contributed by atoms with van der Waals surface area (Å²) in [6.07, 6.45) is 9.44.